The van der Waals surface area contributed by atoms with Crippen LogP contribution in [0, 0.1) is 0 Å². The van der Waals surface area contributed by atoms with Crippen molar-refractivity contribution in [3.8, 4) is 0 Å². The van der Waals surface area contributed by atoms with Crippen LogP contribution in [0.5, 0.6) is 0 Å². The van der Waals surface area contributed by atoms with Crippen molar-refractivity contribution in [2.75, 3.05) is 13.2 Å². The van der Waals surface area contributed by atoms with Gasteiger partial charge in [0.15, 0.2) is 0 Å². The van der Waals surface area contributed by atoms with Crippen molar-refractivity contribution in [2.45, 2.75) is 0 Å². The number of carboxylic acid groups (broad SMARTS) is 1. The zero-order valence-corrected chi connectivity index (χ0v) is 6.74. The molecule has 0 aliphatic heterocycles. The van der Waals surface area contributed by atoms with Gasteiger partial charge >= 0.3 is 29.6 Å². The van der Waals surface area contributed by atoms with Gasteiger partial charge in [-0.2, -0.15) is 0 Å². The average molecular weight is 132 g/mol. The predicted octanol–water partition coefficient (Wildman–Crippen LogP) is -4.21. The van der Waals surface area contributed by atoms with Gasteiger partial charge in [0.25, 0.3) is 6.47 Å². The molecule has 0 aliphatic carbocycles. The summed E-state index contributed by atoms with van der Waals surface area (Å²) in [5.74, 6) is 0. The number of hydrogen-bond acceptors (Lipinski definition) is 3. The number of carbonyl (C=O) groups is 1. The Bertz CT molecular complexity index is 35.0. The van der Waals surface area contributed by atoms with Gasteiger partial charge in [-0.1, -0.05) is 0 Å². The van der Waals surface area contributed by atoms with Gasteiger partial charge in [0, 0.05) is 0 Å². The Balaban J connectivity index is -0.0000000233. The molecule has 0 saturated heterocycles. The molecular formula is C3H9NaO4. The predicted molar refractivity (Wildman–Crippen MR) is 24.0 cm³/mol. The number of aliphatic hydroxyl groups excluding tert-OH is 2. The summed E-state index contributed by atoms with van der Waals surface area (Å²) >= 11 is 0. The molecule has 0 radical (unpaired) electrons. The average Bonchev–Trinajstić information content (AvgIpc) is 1.69. The monoisotopic (exact) mass is 132 g/mol. The standard InChI is InChI=1S/C2H6O2.CH2O2.Na.H/c3-1-2-4;2-1-3;;/h3-4H,1-2H2;1H,(H,2,3);;/q;;+1;-1. The second-order valence-corrected chi connectivity index (χ2v) is 0.553. The largest absolute Gasteiger partial charge is 1.00 e. The first kappa shape index (κ1) is 15.8. The van der Waals surface area contributed by atoms with E-state index in [0.29, 0.717) is 0 Å². The third-order valence-corrected chi connectivity index (χ3v) is 0.1000. The molecule has 0 atom stereocenters. The normalized spacial score (nSPS) is 5.25. The van der Waals surface area contributed by atoms with E-state index in [1.165, 1.54) is 0 Å². The summed E-state index contributed by atoms with van der Waals surface area (Å²) in [5, 5.41) is 22.1. The minimum Gasteiger partial charge on any atom is -1.00 e. The zero-order valence-electron chi connectivity index (χ0n) is 5.74. The molecule has 3 N–H and O–H groups in total. The zero-order chi connectivity index (χ0) is 6.12. The fourth-order valence-corrected chi connectivity index (χ4v) is 0. The van der Waals surface area contributed by atoms with E-state index in [0.717, 1.165) is 0 Å². The molecule has 46 valence electrons. The van der Waals surface area contributed by atoms with E-state index in [1.54, 1.807) is 0 Å². The third-order valence-electron chi connectivity index (χ3n) is 0.1000. The molecule has 4 nitrogen and oxygen atoms in total. The van der Waals surface area contributed by atoms with E-state index in [2.05, 4.69) is 0 Å². The molecule has 5 heteroatoms. The topological polar surface area (TPSA) is 77.8 Å². The molecule has 0 aliphatic rings. The maximum atomic E-state index is 8.36. The molecule has 0 amide bonds. The maximum absolute atomic E-state index is 8.36. The Morgan fingerprint density at radius 2 is 1.50 bits per heavy atom. The molecule has 0 aromatic carbocycles. The van der Waals surface area contributed by atoms with Crippen LogP contribution in [0.3, 0.4) is 0 Å². The molecule has 8 heavy (non-hydrogen) atoms. The minimum absolute atomic E-state index is 0. The fourth-order valence-electron chi connectivity index (χ4n) is 0. The molecule has 0 saturated carbocycles. The van der Waals surface area contributed by atoms with Crippen molar-refractivity contribution >= 4 is 6.47 Å². The molecular weight excluding hydrogens is 123 g/mol. The van der Waals surface area contributed by atoms with E-state index in [1.807, 2.05) is 0 Å². The van der Waals surface area contributed by atoms with E-state index < -0.39 is 0 Å². The fraction of sp³-hybridized carbons (Fsp3) is 0.667. The summed E-state index contributed by atoms with van der Waals surface area (Å²) in [7, 11) is 0. The van der Waals surface area contributed by atoms with Gasteiger partial charge < -0.3 is 16.7 Å². The van der Waals surface area contributed by atoms with Gasteiger partial charge in [0.05, 0.1) is 13.2 Å². The molecule has 0 unspecified atom stereocenters. The van der Waals surface area contributed by atoms with Crippen LogP contribution in [-0.4, -0.2) is 35.0 Å². The molecule has 0 spiro atoms. The smallest absolute Gasteiger partial charge is 1.00 e. The Labute approximate surface area is 70.9 Å². The number of aliphatic hydroxyl groups is 2. The van der Waals surface area contributed by atoms with E-state index in [-0.39, 0.29) is 50.7 Å². The first-order chi connectivity index (χ1) is 3.33. The first-order valence-electron chi connectivity index (χ1n) is 1.63. The Morgan fingerprint density at radius 3 is 1.50 bits per heavy atom. The SMILES string of the molecule is O=CO.OCCO.[H-].[Na+]. The summed E-state index contributed by atoms with van der Waals surface area (Å²) in [6.07, 6.45) is 0. The van der Waals surface area contributed by atoms with Gasteiger partial charge in [-0.25, -0.2) is 0 Å². The third kappa shape index (κ3) is 96.1. The Kier molecular flexibility index (Phi) is 51.8. The van der Waals surface area contributed by atoms with Crippen molar-refractivity contribution in [1.29, 1.82) is 0 Å². The summed E-state index contributed by atoms with van der Waals surface area (Å²) in [4.78, 5) is 8.36. The summed E-state index contributed by atoms with van der Waals surface area (Å²) in [6.45, 7) is -0.500. The molecule has 0 bridgehead atoms. The second kappa shape index (κ2) is 26.3. The van der Waals surface area contributed by atoms with Crippen LogP contribution in [-0.2, 0) is 4.79 Å². The van der Waals surface area contributed by atoms with Crippen molar-refractivity contribution < 1.29 is 51.1 Å². The van der Waals surface area contributed by atoms with E-state index in [4.69, 9.17) is 20.1 Å². The van der Waals surface area contributed by atoms with Crippen molar-refractivity contribution in [1.82, 2.24) is 0 Å². The second-order valence-electron chi connectivity index (χ2n) is 0.553. The van der Waals surface area contributed by atoms with Crippen LogP contribution in [0.15, 0.2) is 0 Å². The summed E-state index contributed by atoms with van der Waals surface area (Å²) in [6, 6.07) is 0. The van der Waals surface area contributed by atoms with Crippen molar-refractivity contribution in [3.05, 3.63) is 0 Å². The van der Waals surface area contributed by atoms with E-state index >= 15 is 0 Å². The van der Waals surface area contributed by atoms with E-state index in [9.17, 15) is 0 Å². The molecule has 0 heterocycles. The quantitative estimate of drug-likeness (QED) is 0.249. The van der Waals surface area contributed by atoms with Gasteiger partial charge in [-0.05, 0) is 0 Å². The minimum atomic E-state index is -0.250. The van der Waals surface area contributed by atoms with Gasteiger partial charge in [0.2, 0.25) is 0 Å². The van der Waals surface area contributed by atoms with Crippen LogP contribution in [0.25, 0.3) is 0 Å². The van der Waals surface area contributed by atoms with Gasteiger partial charge in [0.1, 0.15) is 0 Å². The van der Waals surface area contributed by atoms with Crippen LogP contribution >= 0.6 is 0 Å². The number of hydrogen-bond donors (Lipinski definition) is 3. The van der Waals surface area contributed by atoms with Gasteiger partial charge in [-0.3, -0.25) is 4.79 Å². The molecule has 0 rings (SSSR count). The summed E-state index contributed by atoms with van der Waals surface area (Å²) < 4.78 is 0. The maximum Gasteiger partial charge on any atom is 1.00 e. The molecule has 0 fully saturated rings. The molecule has 0 aromatic heterocycles. The van der Waals surface area contributed by atoms with Crippen LogP contribution < -0.4 is 29.6 Å². The Morgan fingerprint density at radius 1 is 1.38 bits per heavy atom. The molecule has 0 aromatic rings. The van der Waals surface area contributed by atoms with Crippen LogP contribution in [0.4, 0.5) is 0 Å². The van der Waals surface area contributed by atoms with Crippen molar-refractivity contribution in [3.63, 3.8) is 0 Å². The van der Waals surface area contributed by atoms with Gasteiger partial charge in [-0.15, -0.1) is 0 Å². The Hall–Kier alpha value is 0.390. The number of rotatable bonds is 1. The summed E-state index contributed by atoms with van der Waals surface area (Å²) in [5.41, 5.74) is 0. The first-order valence-corrected chi connectivity index (χ1v) is 1.63. The van der Waals surface area contributed by atoms with Crippen LogP contribution in [0.2, 0.25) is 0 Å². The van der Waals surface area contributed by atoms with Crippen LogP contribution in [0.1, 0.15) is 1.43 Å². The van der Waals surface area contributed by atoms with Crippen molar-refractivity contribution in [2.24, 2.45) is 0 Å².